The minimum Gasteiger partial charge on any atom is -0.383 e. The Morgan fingerprint density at radius 3 is 2.18 bits per heavy atom. The van der Waals surface area contributed by atoms with E-state index in [-0.39, 0.29) is 23.8 Å². The van der Waals surface area contributed by atoms with Crippen molar-refractivity contribution in [2.75, 3.05) is 33.4 Å². The number of methoxy groups -OCH3 is 1. The third kappa shape index (κ3) is 6.93. The van der Waals surface area contributed by atoms with Gasteiger partial charge in [0.25, 0.3) is 0 Å². The molecule has 1 rings (SSSR count). The SMILES string of the molecule is COCCNCCNS(=O)(=O)c1ccc(C(F)(F)F)cc1.Cl. The predicted octanol–water partition coefficient (Wildman–Crippen LogP) is 1.64. The van der Waals surface area contributed by atoms with Crippen LogP contribution in [0.2, 0.25) is 0 Å². The van der Waals surface area contributed by atoms with Gasteiger partial charge in [-0.25, -0.2) is 13.1 Å². The fourth-order valence-electron chi connectivity index (χ4n) is 1.48. The van der Waals surface area contributed by atoms with E-state index < -0.39 is 21.8 Å². The molecule has 5 nitrogen and oxygen atoms in total. The van der Waals surface area contributed by atoms with E-state index in [1.807, 2.05) is 0 Å². The van der Waals surface area contributed by atoms with E-state index in [0.29, 0.717) is 19.7 Å². The molecule has 0 saturated heterocycles. The monoisotopic (exact) mass is 362 g/mol. The lowest BCUT2D eigenvalue weighted by molar-refractivity contribution is -0.137. The molecule has 0 aliphatic carbocycles. The van der Waals surface area contributed by atoms with Crippen LogP contribution >= 0.6 is 12.4 Å². The van der Waals surface area contributed by atoms with E-state index in [2.05, 4.69) is 10.0 Å². The van der Waals surface area contributed by atoms with Crippen molar-refractivity contribution in [3.05, 3.63) is 29.8 Å². The van der Waals surface area contributed by atoms with E-state index >= 15 is 0 Å². The van der Waals surface area contributed by atoms with Gasteiger partial charge in [-0.3, -0.25) is 0 Å². The third-order valence-electron chi connectivity index (χ3n) is 2.57. The van der Waals surface area contributed by atoms with Crippen molar-refractivity contribution in [3.8, 4) is 0 Å². The summed E-state index contributed by atoms with van der Waals surface area (Å²) >= 11 is 0. The van der Waals surface area contributed by atoms with Crippen molar-refractivity contribution in [2.24, 2.45) is 0 Å². The van der Waals surface area contributed by atoms with Crippen LogP contribution < -0.4 is 10.0 Å². The van der Waals surface area contributed by atoms with Gasteiger partial charge >= 0.3 is 6.18 Å². The summed E-state index contributed by atoms with van der Waals surface area (Å²) in [4.78, 5) is -0.201. The first kappa shape index (κ1) is 21.1. The highest BCUT2D eigenvalue weighted by molar-refractivity contribution is 7.89. The van der Waals surface area contributed by atoms with Crippen LogP contribution in [0.5, 0.6) is 0 Å². The molecule has 1 aromatic carbocycles. The molecule has 0 amide bonds. The average molecular weight is 363 g/mol. The van der Waals surface area contributed by atoms with Crippen molar-refractivity contribution >= 4 is 22.4 Å². The number of ether oxygens (including phenoxy) is 1. The molecule has 0 aliphatic rings. The van der Waals surface area contributed by atoms with Crippen LogP contribution in [0.15, 0.2) is 29.2 Å². The molecule has 0 saturated carbocycles. The molecule has 0 aliphatic heterocycles. The number of halogens is 4. The van der Waals surface area contributed by atoms with Gasteiger partial charge in [0, 0.05) is 26.7 Å². The number of sulfonamides is 1. The van der Waals surface area contributed by atoms with E-state index in [4.69, 9.17) is 4.74 Å². The first-order valence-electron chi connectivity index (χ1n) is 6.14. The minimum absolute atomic E-state index is 0. The van der Waals surface area contributed by atoms with Gasteiger partial charge in [0.1, 0.15) is 0 Å². The Bertz CT molecular complexity index is 536. The maximum Gasteiger partial charge on any atom is 0.416 e. The number of benzene rings is 1. The second-order valence-corrected chi connectivity index (χ2v) is 5.93. The number of alkyl halides is 3. The molecule has 0 heterocycles. The fourth-order valence-corrected chi connectivity index (χ4v) is 2.51. The molecule has 128 valence electrons. The molecule has 10 heteroatoms. The molecule has 0 radical (unpaired) electrons. The smallest absolute Gasteiger partial charge is 0.383 e. The van der Waals surface area contributed by atoms with Crippen molar-refractivity contribution in [3.63, 3.8) is 0 Å². The zero-order valence-corrected chi connectivity index (χ0v) is 13.4. The zero-order chi connectivity index (χ0) is 15.9. The van der Waals surface area contributed by atoms with Gasteiger partial charge in [0.05, 0.1) is 17.1 Å². The van der Waals surface area contributed by atoms with Gasteiger partial charge in [-0.15, -0.1) is 12.4 Å². The Balaban J connectivity index is 0.00000441. The number of hydrogen-bond acceptors (Lipinski definition) is 4. The summed E-state index contributed by atoms with van der Waals surface area (Å²) in [6, 6.07) is 3.35. The van der Waals surface area contributed by atoms with Crippen LogP contribution in [-0.4, -0.2) is 41.8 Å². The Labute approximate surface area is 133 Å². The van der Waals surface area contributed by atoms with Gasteiger partial charge in [-0.05, 0) is 24.3 Å². The van der Waals surface area contributed by atoms with Gasteiger partial charge in [0.15, 0.2) is 0 Å². The molecule has 0 aromatic heterocycles. The number of rotatable bonds is 8. The quantitative estimate of drug-likeness (QED) is 0.690. The Morgan fingerprint density at radius 1 is 1.09 bits per heavy atom. The van der Waals surface area contributed by atoms with E-state index in [1.165, 1.54) is 0 Å². The molecule has 2 N–H and O–H groups in total. The minimum atomic E-state index is -4.49. The summed E-state index contributed by atoms with van der Waals surface area (Å²) in [7, 11) is -2.25. The summed E-state index contributed by atoms with van der Waals surface area (Å²) < 4.78 is 67.9. The second-order valence-electron chi connectivity index (χ2n) is 4.16. The Kier molecular flexibility index (Phi) is 8.94. The van der Waals surface area contributed by atoms with Crippen LogP contribution in [0.4, 0.5) is 13.2 Å². The molecular weight excluding hydrogens is 345 g/mol. The fraction of sp³-hybridized carbons (Fsp3) is 0.500. The molecular formula is C12H18ClF3N2O3S. The van der Waals surface area contributed by atoms with Crippen molar-refractivity contribution < 1.29 is 26.3 Å². The van der Waals surface area contributed by atoms with Gasteiger partial charge in [0.2, 0.25) is 10.0 Å². The lowest BCUT2D eigenvalue weighted by Gasteiger charge is -2.09. The highest BCUT2D eigenvalue weighted by Crippen LogP contribution is 2.29. The number of hydrogen-bond donors (Lipinski definition) is 2. The average Bonchev–Trinajstić information content (AvgIpc) is 2.42. The van der Waals surface area contributed by atoms with Crippen LogP contribution in [0.25, 0.3) is 0 Å². The maximum atomic E-state index is 12.4. The first-order valence-corrected chi connectivity index (χ1v) is 7.62. The Morgan fingerprint density at radius 2 is 1.68 bits per heavy atom. The molecule has 0 fully saturated rings. The lowest BCUT2D eigenvalue weighted by Crippen LogP contribution is -2.33. The first-order chi connectivity index (χ1) is 9.77. The summed E-state index contributed by atoms with van der Waals surface area (Å²) in [5.74, 6) is 0. The van der Waals surface area contributed by atoms with Crippen LogP contribution in [0.3, 0.4) is 0 Å². The molecule has 1 aromatic rings. The van der Waals surface area contributed by atoms with Gasteiger partial charge in [-0.1, -0.05) is 0 Å². The summed E-state index contributed by atoms with van der Waals surface area (Å²) in [5, 5.41) is 2.94. The lowest BCUT2D eigenvalue weighted by atomic mass is 10.2. The van der Waals surface area contributed by atoms with Crippen LogP contribution in [0, 0.1) is 0 Å². The van der Waals surface area contributed by atoms with Crippen LogP contribution in [-0.2, 0) is 20.9 Å². The normalized spacial score (nSPS) is 12.0. The Hall–Kier alpha value is -0.870. The van der Waals surface area contributed by atoms with Crippen molar-refractivity contribution in [1.29, 1.82) is 0 Å². The maximum absolute atomic E-state index is 12.4. The molecule has 0 unspecified atom stereocenters. The molecule has 0 spiro atoms. The van der Waals surface area contributed by atoms with Crippen molar-refractivity contribution in [1.82, 2.24) is 10.0 Å². The van der Waals surface area contributed by atoms with E-state index in [1.54, 1.807) is 7.11 Å². The largest absolute Gasteiger partial charge is 0.416 e. The molecule has 0 atom stereocenters. The second kappa shape index (κ2) is 9.31. The highest BCUT2D eigenvalue weighted by atomic mass is 35.5. The summed E-state index contributed by atoms with van der Waals surface area (Å²) in [6.45, 7) is 1.61. The standard InChI is InChI=1S/C12H17F3N2O3S.ClH/c1-20-9-8-16-6-7-17-21(18,19)11-4-2-10(3-5-11)12(13,14)15;/h2-5,16-17H,6-9H2,1H3;1H. The van der Waals surface area contributed by atoms with Gasteiger partial charge < -0.3 is 10.1 Å². The highest BCUT2D eigenvalue weighted by Gasteiger charge is 2.30. The van der Waals surface area contributed by atoms with E-state index in [0.717, 1.165) is 24.3 Å². The summed E-state index contributed by atoms with van der Waals surface area (Å²) in [5.41, 5.74) is -0.886. The van der Waals surface area contributed by atoms with Gasteiger partial charge in [-0.2, -0.15) is 13.2 Å². The summed E-state index contributed by atoms with van der Waals surface area (Å²) in [6.07, 6.45) is -4.49. The van der Waals surface area contributed by atoms with Crippen molar-refractivity contribution in [2.45, 2.75) is 11.1 Å². The van der Waals surface area contributed by atoms with Crippen LogP contribution in [0.1, 0.15) is 5.56 Å². The number of nitrogens with one attached hydrogen (secondary N) is 2. The predicted molar refractivity (Wildman–Crippen MR) is 78.6 cm³/mol. The zero-order valence-electron chi connectivity index (χ0n) is 11.8. The third-order valence-corrected chi connectivity index (χ3v) is 4.05. The van der Waals surface area contributed by atoms with E-state index in [9.17, 15) is 21.6 Å². The molecule has 22 heavy (non-hydrogen) atoms. The topological polar surface area (TPSA) is 67.4 Å². The molecule has 0 bridgehead atoms.